The summed E-state index contributed by atoms with van der Waals surface area (Å²) in [6.07, 6.45) is 2.02. The van der Waals surface area contributed by atoms with Crippen LogP contribution in [0.4, 0.5) is 5.00 Å². The molecule has 4 aromatic carbocycles. The van der Waals surface area contributed by atoms with Crippen molar-refractivity contribution in [2.75, 3.05) is 25.1 Å². The second kappa shape index (κ2) is 16.5. The number of carbonyl (C=O) groups excluding carboxylic acids is 2. The van der Waals surface area contributed by atoms with E-state index in [-0.39, 0.29) is 23.3 Å². The van der Waals surface area contributed by atoms with Gasteiger partial charge < -0.3 is 19.9 Å². The van der Waals surface area contributed by atoms with Crippen molar-refractivity contribution in [2.45, 2.75) is 36.7 Å². The van der Waals surface area contributed by atoms with Crippen molar-refractivity contribution in [3.63, 3.8) is 0 Å². The normalized spacial score (nSPS) is 13.6. The molecule has 2 amide bonds. The quantitative estimate of drug-likeness (QED) is 0.116. The Bertz CT molecular complexity index is 2580. The van der Waals surface area contributed by atoms with Crippen LogP contribution >= 0.6 is 22.7 Å². The predicted molar refractivity (Wildman–Crippen MR) is 225 cm³/mol. The topological polar surface area (TPSA) is 125 Å². The maximum Gasteiger partial charge on any atom is 0.251 e. The maximum atomic E-state index is 15.0. The monoisotopic (exact) mass is 805 g/mol. The highest BCUT2D eigenvalue weighted by atomic mass is 32.2. The number of hydrogen-bond donors (Lipinski definition) is 2. The van der Waals surface area contributed by atoms with Gasteiger partial charge in [-0.05, 0) is 65.6 Å². The van der Waals surface area contributed by atoms with Gasteiger partial charge in [0.15, 0.2) is 0 Å². The van der Waals surface area contributed by atoms with Crippen LogP contribution in [0.2, 0.25) is 0 Å². The number of aliphatic hydroxyl groups is 1. The van der Waals surface area contributed by atoms with Crippen LogP contribution in [0, 0.1) is 5.92 Å². The fraction of sp³-hybridized carbons (Fsp3) is 0.233. The van der Waals surface area contributed by atoms with E-state index in [9.17, 15) is 18.3 Å². The minimum Gasteiger partial charge on any atom is -0.394 e. The molecule has 56 heavy (non-hydrogen) atoms. The number of nitrogens with one attached hydrogen (secondary N) is 1. The molecule has 3 unspecified atom stereocenters. The van der Waals surface area contributed by atoms with Crippen LogP contribution < -0.4 is 10.2 Å². The average molecular weight is 806 g/mol. The molecule has 288 valence electrons. The molecule has 2 N–H and O–H groups in total. The van der Waals surface area contributed by atoms with E-state index < -0.39 is 40.5 Å². The van der Waals surface area contributed by atoms with E-state index in [0.717, 1.165) is 26.7 Å². The summed E-state index contributed by atoms with van der Waals surface area (Å²) in [5.74, 6) is -1.39. The molecule has 3 atom stereocenters. The van der Waals surface area contributed by atoms with Crippen LogP contribution in [0.1, 0.15) is 52.2 Å². The number of rotatable bonds is 14. The summed E-state index contributed by atoms with van der Waals surface area (Å²) in [5, 5.41) is 15.4. The summed E-state index contributed by atoms with van der Waals surface area (Å²) in [5.41, 5.74) is 5.53. The van der Waals surface area contributed by atoms with Crippen molar-refractivity contribution >= 4 is 70.6 Å². The first-order valence-electron chi connectivity index (χ1n) is 18.3. The number of benzene rings is 4. The average Bonchev–Trinajstić information content (AvgIpc) is 3.97. The van der Waals surface area contributed by atoms with E-state index in [1.165, 1.54) is 31.9 Å². The number of aromatic nitrogens is 2. The molecule has 7 aromatic rings. The van der Waals surface area contributed by atoms with Crippen molar-refractivity contribution in [3.05, 3.63) is 149 Å². The molecule has 0 saturated carbocycles. The Hall–Kier alpha value is -5.18. The minimum atomic E-state index is -4.07. The predicted octanol–water partition coefficient (Wildman–Crippen LogP) is 7.82. The Labute approximate surface area is 334 Å². The van der Waals surface area contributed by atoms with E-state index >= 15 is 4.79 Å². The molecule has 0 aliphatic carbocycles. The molecule has 0 fully saturated rings. The molecule has 0 spiro atoms. The van der Waals surface area contributed by atoms with Gasteiger partial charge in [0.05, 0.1) is 38.3 Å². The summed E-state index contributed by atoms with van der Waals surface area (Å²) in [6, 6.07) is 32.9. The summed E-state index contributed by atoms with van der Waals surface area (Å²) < 4.78 is 32.7. The third-order valence-electron chi connectivity index (χ3n) is 9.92. The Morgan fingerprint density at radius 3 is 2.32 bits per heavy atom. The maximum absolute atomic E-state index is 15.0. The molecule has 0 radical (unpaired) electrons. The van der Waals surface area contributed by atoms with Gasteiger partial charge in [0.2, 0.25) is 10.0 Å². The van der Waals surface area contributed by atoms with Gasteiger partial charge in [0, 0.05) is 54.1 Å². The lowest BCUT2D eigenvalue weighted by Gasteiger charge is -2.31. The molecular weight excluding hydrogens is 763 g/mol. The summed E-state index contributed by atoms with van der Waals surface area (Å²) in [7, 11) is -0.444. The molecule has 0 bridgehead atoms. The minimum absolute atomic E-state index is 0.0485. The van der Waals surface area contributed by atoms with Crippen LogP contribution in [-0.4, -0.2) is 65.4 Å². The number of fused-ring (bicyclic) bond motifs is 2. The highest BCUT2D eigenvalue weighted by molar-refractivity contribution is 7.89. The summed E-state index contributed by atoms with van der Waals surface area (Å²) >= 11 is 2.59. The van der Waals surface area contributed by atoms with Gasteiger partial charge in [-0.25, -0.2) is 13.4 Å². The van der Waals surface area contributed by atoms with Gasteiger partial charge in [0.25, 0.3) is 11.8 Å². The number of aliphatic hydroxyl groups excluding tert-OH is 1. The van der Waals surface area contributed by atoms with Gasteiger partial charge in [-0.2, -0.15) is 4.31 Å². The van der Waals surface area contributed by atoms with Crippen molar-refractivity contribution in [1.82, 2.24) is 19.2 Å². The fourth-order valence-corrected chi connectivity index (χ4v) is 10.9. The van der Waals surface area contributed by atoms with Crippen LogP contribution in [0.25, 0.3) is 21.1 Å². The standard InChI is InChI=1S/C43H43N5O5S3/c1-28(2)24-48(56(52,53)31-19-20-34-38(23-31)54-27-44-34)36(26-49)37-21-22-39(55-37)47(4)43(51)41(45-42(50)30-15-9-6-10-16-30)40(29-13-7-5-8-14-29)33-25-46(3)35-18-12-11-17-32(33)35/h5-23,25,27-28,36,40-41,49H,24,26H2,1-4H3,(H,45,50). The number of sulfonamides is 1. The smallest absolute Gasteiger partial charge is 0.251 e. The zero-order valence-electron chi connectivity index (χ0n) is 31.4. The molecule has 3 aromatic heterocycles. The van der Waals surface area contributed by atoms with Gasteiger partial charge in [0.1, 0.15) is 6.04 Å². The number of nitrogens with zero attached hydrogens (tertiary/aromatic N) is 4. The van der Waals surface area contributed by atoms with Crippen molar-refractivity contribution in [1.29, 1.82) is 0 Å². The van der Waals surface area contributed by atoms with Gasteiger partial charge in [-0.1, -0.05) is 80.6 Å². The van der Waals surface area contributed by atoms with E-state index in [2.05, 4.69) is 10.3 Å². The molecule has 0 aliphatic heterocycles. The summed E-state index contributed by atoms with van der Waals surface area (Å²) in [4.78, 5) is 35.5. The zero-order chi connectivity index (χ0) is 39.6. The second-order valence-electron chi connectivity index (χ2n) is 14.1. The van der Waals surface area contributed by atoms with Crippen molar-refractivity contribution < 1.29 is 23.1 Å². The molecule has 0 saturated heterocycles. The number of anilines is 1. The number of amides is 2. The number of likely N-dealkylation sites (N-methyl/N-ethyl adjacent to an activating group) is 1. The lowest BCUT2D eigenvalue weighted by Crippen LogP contribution is -2.51. The lowest BCUT2D eigenvalue weighted by molar-refractivity contribution is -0.120. The third-order valence-corrected chi connectivity index (χ3v) is 13.8. The molecular formula is C43H43N5O5S3. The molecule has 10 nitrogen and oxygen atoms in total. The Kier molecular flexibility index (Phi) is 11.5. The van der Waals surface area contributed by atoms with Crippen molar-refractivity contribution in [3.8, 4) is 0 Å². The van der Waals surface area contributed by atoms with Gasteiger partial charge in [-0.3, -0.25) is 9.59 Å². The Morgan fingerprint density at radius 2 is 1.61 bits per heavy atom. The van der Waals surface area contributed by atoms with Gasteiger partial charge in [-0.15, -0.1) is 22.7 Å². The van der Waals surface area contributed by atoms with Crippen LogP contribution in [0.5, 0.6) is 0 Å². The Balaban J connectivity index is 1.27. The number of thiazole rings is 1. The second-order valence-corrected chi connectivity index (χ2v) is 18.0. The number of hydrogen-bond acceptors (Lipinski definition) is 8. The largest absolute Gasteiger partial charge is 0.394 e. The number of carbonyl (C=O) groups is 2. The first-order chi connectivity index (χ1) is 27.0. The van der Waals surface area contributed by atoms with Crippen LogP contribution in [-0.2, 0) is 21.9 Å². The SMILES string of the molecule is CC(C)CN(C(CO)c1ccc(N(C)C(=O)C(NC(=O)c2ccccc2)C(c2ccccc2)c2cn(C)c3ccccc23)s1)S(=O)(=O)c1ccc2ncsc2c1. The fourth-order valence-electron chi connectivity index (χ4n) is 7.16. The van der Waals surface area contributed by atoms with E-state index in [4.69, 9.17) is 0 Å². The molecule has 3 heterocycles. The number of thiophene rings is 1. The Morgan fingerprint density at radius 1 is 0.911 bits per heavy atom. The molecule has 7 rings (SSSR count). The highest BCUT2D eigenvalue weighted by Crippen LogP contribution is 2.39. The molecule has 13 heteroatoms. The van der Waals surface area contributed by atoms with Crippen molar-refractivity contribution in [2.24, 2.45) is 13.0 Å². The summed E-state index contributed by atoms with van der Waals surface area (Å²) in [6.45, 7) is 3.55. The van der Waals surface area contributed by atoms with E-state index in [1.54, 1.807) is 67.2 Å². The van der Waals surface area contributed by atoms with E-state index in [1.807, 2.05) is 92.3 Å². The number of aryl methyl sites for hydroxylation is 1. The van der Waals surface area contributed by atoms with Gasteiger partial charge >= 0.3 is 0 Å². The van der Waals surface area contributed by atoms with Crippen LogP contribution in [0.3, 0.4) is 0 Å². The van der Waals surface area contributed by atoms with E-state index in [0.29, 0.717) is 21.0 Å². The van der Waals surface area contributed by atoms with Crippen LogP contribution in [0.15, 0.2) is 132 Å². The number of para-hydroxylation sites is 1. The highest BCUT2D eigenvalue weighted by Gasteiger charge is 2.38. The first-order valence-corrected chi connectivity index (χ1v) is 21.4. The zero-order valence-corrected chi connectivity index (χ0v) is 33.9. The molecule has 0 aliphatic rings. The lowest BCUT2D eigenvalue weighted by atomic mass is 9.84. The third kappa shape index (κ3) is 7.78. The first kappa shape index (κ1) is 39.1.